The van der Waals surface area contributed by atoms with Gasteiger partial charge >= 0.3 is 0 Å². The van der Waals surface area contributed by atoms with E-state index in [-0.39, 0.29) is 29.6 Å². The first-order valence-corrected chi connectivity index (χ1v) is 13.6. The third kappa shape index (κ3) is 19.7. The number of aliphatic imine (C=N–C) groups is 1. The predicted octanol–water partition coefficient (Wildman–Crippen LogP) is 3.11. The Balaban J connectivity index is 4.59. The molecule has 3 amide bonds. The molecule has 0 heterocycles. The maximum Gasteiger partial charge on any atom is 0.243 e. The van der Waals surface area contributed by atoms with Gasteiger partial charge in [-0.15, -0.1) is 0 Å². The Morgan fingerprint density at radius 2 is 1.34 bits per heavy atom. The van der Waals surface area contributed by atoms with Crippen molar-refractivity contribution in [3.8, 4) is 0 Å². The summed E-state index contributed by atoms with van der Waals surface area (Å²) < 4.78 is 0. The normalized spacial score (nSPS) is 12.6. The Bertz CT molecular complexity index is 620. The number of carbonyl (C=O) groups is 3. The van der Waals surface area contributed by atoms with Crippen LogP contribution in [0.5, 0.6) is 0 Å². The van der Waals surface area contributed by atoms with Gasteiger partial charge in [-0.2, -0.15) is 0 Å². The molecule has 0 aliphatic rings. The first kappa shape index (κ1) is 32.7. The number of rotatable bonds is 21. The van der Waals surface area contributed by atoms with E-state index < -0.39 is 12.1 Å². The Morgan fingerprint density at radius 3 is 1.86 bits per heavy atom. The summed E-state index contributed by atoms with van der Waals surface area (Å²) in [5.41, 5.74) is 10.7. The van der Waals surface area contributed by atoms with E-state index in [1.165, 1.54) is 58.3 Å². The minimum absolute atomic E-state index is 0.00125. The fourth-order valence-corrected chi connectivity index (χ4v) is 3.94. The molecular formula is C26H52N6O3. The summed E-state index contributed by atoms with van der Waals surface area (Å²) in [6, 6.07) is -1.38. The van der Waals surface area contributed by atoms with E-state index in [0.29, 0.717) is 32.4 Å². The van der Waals surface area contributed by atoms with Crippen LogP contribution in [-0.4, -0.2) is 48.9 Å². The molecule has 0 aliphatic heterocycles. The largest absolute Gasteiger partial charge is 0.370 e. The molecule has 0 rings (SSSR count). The van der Waals surface area contributed by atoms with E-state index in [0.717, 1.165) is 12.8 Å². The zero-order valence-corrected chi connectivity index (χ0v) is 22.7. The molecule has 9 heteroatoms. The van der Waals surface area contributed by atoms with Gasteiger partial charge in [0.25, 0.3) is 0 Å². The number of hydrogen-bond acceptors (Lipinski definition) is 4. The third-order valence-corrected chi connectivity index (χ3v) is 5.81. The fourth-order valence-electron chi connectivity index (χ4n) is 3.94. The highest BCUT2D eigenvalue weighted by Gasteiger charge is 2.26. The molecule has 2 atom stereocenters. The van der Waals surface area contributed by atoms with Gasteiger partial charge in [0.05, 0.1) is 0 Å². The summed E-state index contributed by atoms with van der Waals surface area (Å²) in [6.07, 6.45) is 13.7. The number of carbonyl (C=O) groups excluding carboxylic acids is 3. The second-order valence-electron chi connectivity index (χ2n) is 9.87. The molecule has 0 fully saturated rings. The van der Waals surface area contributed by atoms with Crippen LogP contribution in [-0.2, 0) is 14.4 Å². The molecule has 0 aromatic rings. The second-order valence-corrected chi connectivity index (χ2v) is 9.87. The van der Waals surface area contributed by atoms with Gasteiger partial charge in [-0.3, -0.25) is 19.4 Å². The molecule has 35 heavy (non-hydrogen) atoms. The molecule has 7 N–H and O–H groups in total. The average Bonchev–Trinajstić information content (AvgIpc) is 2.77. The zero-order chi connectivity index (χ0) is 26.5. The van der Waals surface area contributed by atoms with Gasteiger partial charge in [0.15, 0.2) is 5.96 Å². The topological polar surface area (TPSA) is 152 Å². The van der Waals surface area contributed by atoms with Crippen molar-refractivity contribution in [1.82, 2.24) is 16.0 Å². The molecule has 0 aromatic carbocycles. The lowest BCUT2D eigenvalue weighted by Gasteiger charge is -2.24. The van der Waals surface area contributed by atoms with Crippen LogP contribution in [0.3, 0.4) is 0 Å². The van der Waals surface area contributed by atoms with Gasteiger partial charge in [0.2, 0.25) is 17.7 Å². The van der Waals surface area contributed by atoms with E-state index in [2.05, 4.69) is 27.9 Å². The monoisotopic (exact) mass is 496 g/mol. The average molecular weight is 497 g/mol. The summed E-state index contributed by atoms with van der Waals surface area (Å²) in [6.45, 7) is 8.53. The summed E-state index contributed by atoms with van der Waals surface area (Å²) in [5.74, 6) is -0.637. The van der Waals surface area contributed by atoms with Crippen molar-refractivity contribution in [3.63, 3.8) is 0 Å². The fraction of sp³-hybridized carbons (Fsp3) is 0.846. The van der Waals surface area contributed by atoms with E-state index in [9.17, 15) is 14.4 Å². The standard InChI is InChI=1S/C26H52N6O3/c1-5-6-7-8-9-10-11-12-13-14-17-29-24(34)22(16-15-18-30-26(27)28)32-25(35)23(19-20(2)3)31-21(4)33/h20,22-23H,5-19H2,1-4H3,(H,29,34)(H,31,33)(H,32,35)(H4,27,28,30)/t22-,23-/m0/s1. The van der Waals surface area contributed by atoms with Crippen LogP contribution >= 0.6 is 0 Å². The lowest BCUT2D eigenvalue weighted by atomic mass is 10.0. The number of amides is 3. The molecule has 0 saturated carbocycles. The highest BCUT2D eigenvalue weighted by molar-refractivity contribution is 5.91. The molecule has 0 radical (unpaired) electrons. The molecule has 204 valence electrons. The van der Waals surface area contributed by atoms with E-state index in [1.54, 1.807) is 0 Å². The number of unbranched alkanes of at least 4 members (excludes halogenated alkanes) is 9. The van der Waals surface area contributed by atoms with Crippen LogP contribution in [0.1, 0.15) is 111 Å². The first-order chi connectivity index (χ1) is 16.7. The molecular weight excluding hydrogens is 444 g/mol. The number of nitrogens with one attached hydrogen (secondary N) is 3. The van der Waals surface area contributed by atoms with E-state index in [4.69, 9.17) is 11.5 Å². The van der Waals surface area contributed by atoms with Crippen LogP contribution in [0.15, 0.2) is 4.99 Å². The van der Waals surface area contributed by atoms with Gasteiger partial charge in [-0.05, 0) is 31.6 Å². The molecule has 0 bridgehead atoms. The molecule has 0 saturated heterocycles. The molecule has 0 unspecified atom stereocenters. The molecule has 0 aromatic heterocycles. The van der Waals surface area contributed by atoms with E-state index >= 15 is 0 Å². The van der Waals surface area contributed by atoms with Gasteiger partial charge in [0.1, 0.15) is 12.1 Å². The maximum atomic E-state index is 12.9. The molecule has 9 nitrogen and oxygen atoms in total. The Labute approximate surface area is 213 Å². The van der Waals surface area contributed by atoms with Crippen molar-refractivity contribution < 1.29 is 14.4 Å². The van der Waals surface area contributed by atoms with Crippen LogP contribution in [0.4, 0.5) is 0 Å². The van der Waals surface area contributed by atoms with Gasteiger partial charge in [-0.1, -0.05) is 78.6 Å². The van der Waals surface area contributed by atoms with Crippen LogP contribution in [0.25, 0.3) is 0 Å². The Hall–Kier alpha value is -2.32. The number of hydrogen-bond donors (Lipinski definition) is 5. The van der Waals surface area contributed by atoms with Gasteiger partial charge < -0.3 is 27.4 Å². The van der Waals surface area contributed by atoms with Crippen molar-refractivity contribution >= 4 is 23.7 Å². The van der Waals surface area contributed by atoms with Crippen molar-refractivity contribution in [2.45, 2.75) is 123 Å². The number of nitrogens with zero attached hydrogens (tertiary/aromatic N) is 1. The second kappa shape index (κ2) is 21.0. The van der Waals surface area contributed by atoms with Crippen LogP contribution in [0, 0.1) is 5.92 Å². The van der Waals surface area contributed by atoms with Gasteiger partial charge in [0, 0.05) is 20.0 Å². The van der Waals surface area contributed by atoms with Crippen LogP contribution < -0.4 is 27.4 Å². The first-order valence-electron chi connectivity index (χ1n) is 13.6. The van der Waals surface area contributed by atoms with Crippen LogP contribution in [0.2, 0.25) is 0 Å². The van der Waals surface area contributed by atoms with Crippen molar-refractivity contribution in [2.75, 3.05) is 13.1 Å². The maximum absolute atomic E-state index is 12.9. The highest BCUT2D eigenvalue weighted by atomic mass is 16.2. The summed E-state index contributed by atoms with van der Waals surface area (Å²) >= 11 is 0. The minimum Gasteiger partial charge on any atom is -0.370 e. The molecule has 0 aliphatic carbocycles. The van der Waals surface area contributed by atoms with E-state index in [1.807, 2.05) is 13.8 Å². The van der Waals surface area contributed by atoms with Crippen molar-refractivity contribution in [2.24, 2.45) is 22.4 Å². The number of nitrogens with two attached hydrogens (primary N) is 2. The zero-order valence-electron chi connectivity index (χ0n) is 22.7. The molecule has 0 spiro atoms. The minimum atomic E-state index is -0.705. The SMILES string of the molecule is CCCCCCCCCCCCNC(=O)[C@H](CCCN=C(N)N)NC(=O)[C@H](CC(C)C)NC(C)=O. The van der Waals surface area contributed by atoms with Gasteiger partial charge in [-0.25, -0.2) is 0 Å². The van der Waals surface area contributed by atoms with Crippen molar-refractivity contribution in [3.05, 3.63) is 0 Å². The summed E-state index contributed by atoms with van der Waals surface area (Å²) in [7, 11) is 0. The lowest BCUT2D eigenvalue weighted by Crippen LogP contribution is -2.54. The van der Waals surface area contributed by atoms with Crippen molar-refractivity contribution in [1.29, 1.82) is 0 Å². The number of guanidine groups is 1. The third-order valence-electron chi connectivity index (χ3n) is 5.81. The highest BCUT2D eigenvalue weighted by Crippen LogP contribution is 2.10. The quantitative estimate of drug-likeness (QED) is 0.0939. The predicted molar refractivity (Wildman–Crippen MR) is 144 cm³/mol. The summed E-state index contributed by atoms with van der Waals surface area (Å²) in [5, 5.41) is 8.48. The smallest absolute Gasteiger partial charge is 0.243 e. The Morgan fingerprint density at radius 1 is 0.771 bits per heavy atom. The Kier molecular flexibility index (Phi) is 19.6. The lowest BCUT2D eigenvalue weighted by molar-refractivity contribution is -0.132. The summed E-state index contributed by atoms with van der Waals surface area (Å²) in [4.78, 5) is 41.2.